The van der Waals surface area contributed by atoms with Gasteiger partial charge >= 0.3 is 0 Å². The maximum atomic E-state index is 11.8. The Morgan fingerprint density at radius 3 is 2.42 bits per heavy atom. The monoisotopic (exact) mass is 366 g/mol. The summed E-state index contributed by atoms with van der Waals surface area (Å²) in [6, 6.07) is 7.40. The lowest BCUT2D eigenvalue weighted by atomic mass is 9.92. The zero-order chi connectivity index (χ0) is 19.3. The molecule has 0 bridgehead atoms. The second-order valence-electron chi connectivity index (χ2n) is 7.46. The number of hydrogen-bond donors (Lipinski definition) is 3. The van der Waals surface area contributed by atoms with Crippen LogP contribution in [0.2, 0.25) is 0 Å². The summed E-state index contributed by atoms with van der Waals surface area (Å²) in [6.45, 7) is 5.40. The minimum atomic E-state index is -1.14. The van der Waals surface area contributed by atoms with Gasteiger partial charge in [-0.25, -0.2) is 0 Å². The Labute approximate surface area is 154 Å². The van der Waals surface area contributed by atoms with Gasteiger partial charge in [0.15, 0.2) is 0 Å². The van der Waals surface area contributed by atoms with Crippen LogP contribution in [-0.2, 0) is 16.0 Å². The summed E-state index contributed by atoms with van der Waals surface area (Å²) < 4.78 is 11.3. The van der Waals surface area contributed by atoms with Crippen LogP contribution in [0.4, 0.5) is 0 Å². The lowest BCUT2D eigenvalue weighted by Crippen LogP contribution is -2.56. The minimum Gasteiger partial charge on any atom is -0.465 e. The standard InChI is InChI=1S/C20H30O6/c1-12(2)10-15(22)7-4-14-5-8-16(9-6-14)25-20-13(3)18(23)19(24)17(11-21)26-20/h5-6,8-9,12-13,17-21,23-24H,4,7,10-11H2,1-3H3/t13-,17?,18?,19-,20+/m0/s1. The zero-order valence-corrected chi connectivity index (χ0v) is 15.7. The molecular formula is C20H30O6. The van der Waals surface area contributed by atoms with E-state index in [1.807, 2.05) is 26.0 Å². The molecule has 5 atom stereocenters. The van der Waals surface area contributed by atoms with Crippen LogP contribution in [0.3, 0.4) is 0 Å². The Balaban J connectivity index is 1.91. The van der Waals surface area contributed by atoms with Crippen molar-refractivity contribution in [3.05, 3.63) is 29.8 Å². The number of rotatable bonds is 8. The predicted molar refractivity (Wildman–Crippen MR) is 96.8 cm³/mol. The molecule has 1 fully saturated rings. The third kappa shape index (κ3) is 5.51. The highest BCUT2D eigenvalue weighted by Gasteiger charge is 2.43. The van der Waals surface area contributed by atoms with E-state index in [2.05, 4.69) is 0 Å². The maximum absolute atomic E-state index is 11.8. The molecule has 1 aliphatic rings. The van der Waals surface area contributed by atoms with Gasteiger partial charge < -0.3 is 24.8 Å². The first-order valence-corrected chi connectivity index (χ1v) is 9.21. The highest BCUT2D eigenvalue weighted by Crippen LogP contribution is 2.28. The number of Topliss-reactive ketones (excluding diaryl/α,β-unsaturated/α-hetero) is 1. The molecule has 26 heavy (non-hydrogen) atoms. The molecule has 2 rings (SSSR count). The van der Waals surface area contributed by atoms with E-state index in [1.165, 1.54) is 0 Å². The predicted octanol–water partition coefficient (Wildman–Crippen LogP) is 1.69. The van der Waals surface area contributed by atoms with Gasteiger partial charge in [0.05, 0.1) is 12.7 Å². The van der Waals surface area contributed by atoms with Crippen molar-refractivity contribution in [3.63, 3.8) is 0 Å². The average Bonchev–Trinajstić information content (AvgIpc) is 2.61. The molecule has 146 valence electrons. The second kappa shape index (κ2) is 9.46. The van der Waals surface area contributed by atoms with E-state index in [-0.39, 0.29) is 5.78 Å². The first-order chi connectivity index (χ1) is 12.3. The Kier molecular flexibility index (Phi) is 7.58. The largest absolute Gasteiger partial charge is 0.465 e. The molecule has 1 heterocycles. The SMILES string of the molecule is CC(C)CC(=O)CCc1ccc(O[C@@H]2OC(CO)[C@H](O)C(O)[C@@H]2C)cc1. The van der Waals surface area contributed by atoms with Gasteiger partial charge in [0.25, 0.3) is 0 Å². The van der Waals surface area contributed by atoms with Crippen molar-refractivity contribution in [2.45, 2.75) is 64.6 Å². The van der Waals surface area contributed by atoms with Crippen LogP contribution in [0.1, 0.15) is 39.2 Å². The first kappa shape index (κ1) is 20.8. The summed E-state index contributed by atoms with van der Waals surface area (Å²) in [5.74, 6) is 0.778. The molecule has 0 spiro atoms. The number of aliphatic hydroxyl groups is 3. The summed E-state index contributed by atoms with van der Waals surface area (Å²) >= 11 is 0. The summed E-state index contributed by atoms with van der Waals surface area (Å²) in [5.41, 5.74) is 1.05. The van der Waals surface area contributed by atoms with E-state index >= 15 is 0 Å². The van der Waals surface area contributed by atoms with E-state index in [9.17, 15) is 20.1 Å². The number of hydrogen-bond acceptors (Lipinski definition) is 6. The highest BCUT2D eigenvalue weighted by atomic mass is 16.7. The molecule has 6 heteroatoms. The van der Waals surface area contributed by atoms with Gasteiger partial charge in [-0.15, -0.1) is 0 Å². The number of aryl methyl sites for hydroxylation is 1. The number of aliphatic hydroxyl groups excluding tert-OH is 3. The van der Waals surface area contributed by atoms with Gasteiger partial charge in [0.1, 0.15) is 23.7 Å². The van der Waals surface area contributed by atoms with E-state index < -0.39 is 37.1 Å². The Bertz CT molecular complexity index is 568. The van der Waals surface area contributed by atoms with Crippen LogP contribution >= 0.6 is 0 Å². The maximum Gasteiger partial charge on any atom is 0.205 e. The van der Waals surface area contributed by atoms with Crippen molar-refractivity contribution < 1.29 is 29.6 Å². The van der Waals surface area contributed by atoms with E-state index in [0.29, 0.717) is 30.9 Å². The zero-order valence-electron chi connectivity index (χ0n) is 15.7. The van der Waals surface area contributed by atoms with Gasteiger partial charge in [-0.1, -0.05) is 32.9 Å². The minimum absolute atomic E-state index is 0.271. The molecule has 0 saturated carbocycles. The fraction of sp³-hybridized carbons (Fsp3) is 0.650. The number of benzene rings is 1. The van der Waals surface area contributed by atoms with E-state index in [1.54, 1.807) is 19.1 Å². The van der Waals surface area contributed by atoms with Crippen LogP contribution in [0.15, 0.2) is 24.3 Å². The van der Waals surface area contributed by atoms with Crippen molar-refractivity contribution in [1.29, 1.82) is 0 Å². The molecule has 1 aromatic rings. The highest BCUT2D eigenvalue weighted by molar-refractivity contribution is 5.78. The van der Waals surface area contributed by atoms with E-state index in [0.717, 1.165) is 5.56 Å². The van der Waals surface area contributed by atoms with Crippen molar-refractivity contribution in [3.8, 4) is 5.75 Å². The van der Waals surface area contributed by atoms with Gasteiger partial charge in [-0.05, 0) is 30.0 Å². The third-order valence-corrected chi connectivity index (χ3v) is 4.69. The smallest absolute Gasteiger partial charge is 0.205 e. The van der Waals surface area contributed by atoms with Crippen LogP contribution in [-0.4, -0.2) is 52.3 Å². The average molecular weight is 366 g/mol. The normalized spacial score (nSPS) is 29.0. The molecule has 0 aromatic heterocycles. The van der Waals surface area contributed by atoms with Crippen LogP contribution in [0.25, 0.3) is 0 Å². The fourth-order valence-corrected chi connectivity index (χ4v) is 3.06. The number of carbonyl (C=O) groups excluding carboxylic acids is 1. The topological polar surface area (TPSA) is 96.2 Å². The second-order valence-corrected chi connectivity index (χ2v) is 7.46. The van der Waals surface area contributed by atoms with Gasteiger partial charge in [0.2, 0.25) is 6.29 Å². The van der Waals surface area contributed by atoms with Gasteiger partial charge in [-0.3, -0.25) is 4.79 Å². The molecule has 3 N–H and O–H groups in total. The Morgan fingerprint density at radius 1 is 1.19 bits per heavy atom. The quantitative estimate of drug-likeness (QED) is 0.648. The fourth-order valence-electron chi connectivity index (χ4n) is 3.06. The van der Waals surface area contributed by atoms with Crippen molar-refractivity contribution >= 4 is 5.78 Å². The number of ketones is 1. The summed E-state index contributed by atoms with van der Waals surface area (Å²) in [5, 5.41) is 29.2. The molecule has 0 amide bonds. The molecule has 0 aliphatic carbocycles. The molecule has 6 nitrogen and oxygen atoms in total. The van der Waals surface area contributed by atoms with Crippen LogP contribution in [0.5, 0.6) is 5.75 Å². The lowest BCUT2D eigenvalue weighted by molar-refractivity contribution is -0.256. The lowest BCUT2D eigenvalue weighted by Gasteiger charge is -2.40. The molecule has 0 radical (unpaired) electrons. The van der Waals surface area contributed by atoms with E-state index in [4.69, 9.17) is 9.47 Å². The van der Waals surface area contributed by atoms with Crippen LogP contribution < -0.4 is 4.74 Å². The molecule has 1 saturated heterocycles. The summed E-state index contributed by atoms with van der Waals surface area (Å²) in [4.78, 5) is 11.8. The number of carbonyl (C=O) groups is 1. The molecule has 1 aromatic carbocycles. The van der Waals surface area contributed by atoms with Crippen molar-refractivity contribution in [2.75, 3.05) is 6.61 Å². The van der Waals surface area contributed by atoms with Crippen molar-refractivity contribution in [1.82, 2.24) is 0 Å². The van der Waals surface area contributed by atoms with Crippen molar-refractivity contribution in [2.24, 2.45) is 11.8 Å². The Morgan fingerprint density at radius 2 is 1.85 bits per heavy atom. The third-order valence-electron chi connectivity index (χ3n) is 4.69. The number of ether oxygens (including phenoxy) is 2. The molecular weight excluding hydrogens is 336 g/mol. The molecule has 1 aliphatic heterocycles. The van der Waals surface area contributed by atoms with Crippen LogP contribution in [0, 0.1) is 11.8 Å². The molecule has 2 unspecified atom stereocenters. The first-order valence-electron chi connectivity index (χ1n) is 9.21. The van der Waals surface area contributed by atoms with Gasteiger partial charge in [0, 0.05) is 18.8 Å². The Hall–Kier alpha value is -1.47. The summed E-state index contributed by atoms with van der Waals surface area (Å²) in [7, 11) is 0. The summed E-state index contributed by atoms with van der Waals surface area (Å²) in [6.07, 6.45) is -1.97. The van der Waals surface area contributed by atoms with Gasteiger partial charge in [-0.2, -0.15) is 0 Å².